The van der Waals surface area contributed by atoms with Gasteiger partial charge in [-0.1, -0.05) is 30.3 Å². The van der Waals surface area contributed by atoms with Crippen LogP contribution in [0.3, 0.4) is 0 Å². The van der Waals surface area contributed by atoms with Crippen LogP contribution in [-0.2, 0) is 0 Å². The molecule has 2 aromatic carbocycles. The van der Waals surface area contributed by atoms with E-state index in [0.29, 0.717) is 50.1 Å². The van der Waals surface area contributed by atoms with Crippen molar-refractivity contribution >= 4 is 33.8 Å². The summed E-state index contributed by atoms with van der Waals surface area (Å²) in [6.07, 6.45) is 3.16. The smallest absolute Gasteiger partial charge is 0.336 e. The number of nitrogens with zero attached hydrogens (tertiary/aromatic N) is 2. The topological polar surface area (TPSA) is 100 Å². The zero-order valence-electron chi connectivity index (χ0n) is 18.5. The van der Waals surface area contributed by atoms with Gasteiger partial charge < -0.3 is 10.2 Å². The SMILES string of the molecule is Cc1ccc2c(n1)C(=O)C=CC2=C(c1ccccc1C(=O)O)c1ccc(O)c2nc(C)ccc12. The summed E-state index contributed by atoms with van der Waals surface area (Å²) in [5.74, 6) is -1.24. The van der Waals surface area contributed by atoms with Crippen LogP contribution in [0, 0.1) is 13.8 Å². The molecule has 6 nitrogen and oxygen atoms in total. The highest BCUT2D eigenvalue weighted by atomic mass is 16.4. The van der Waals surface area contributed by atoms with E-state index in [0.717, 1.165) is 5.69 Å². The van der Waals surface area contributed by atoms with Crippen molar-refractivity contribution in [3.05, 3.63) is 112 Å². The van der Waals surface area contributed by atoms with Gasteiger partial charge in [0.05, 0.1) is 5.56 Å². The molecule has 0 amide bonds. The third kappa shape index (κ3) is 3.46. The van der Waals surface area contributed by atoms with Gasteiger partial charge in [0.2, 0.25) is 5.78 Å². The number of carbonyl (C=O) groups excluding carboxylic acids is 1. The lowest BCUT2D eigenvalue weighted by molar-refractivity contribution is 0.0696. The first kappa shape index (κ1) is 21.3. The Morgan fingerprint density at radius 3 is 2.26 bits per heavy atom. The van der Waals surface area contributed by atoms with E-state index in [1.165, 1.54) is 6.08 Å². The average molecular weight is 448 g/mol. The lowest BCUT2D eigenvalue weighted by Crippen LogP contribution is -2.11. The summed E-state index contributed by atoms with van der Waals surface area (Å²) < 4.78 is 0. The second-order valence-electron chi connectivity index (χ2n) is 8.17. The predicted molar refractivity (Wildman–Crippen MR) is 130 cm³/mol. The molecule has 0 unspecified atom stereocenters. The summed E-state index contributed by atoms with van der Waals surface area (Å²) in [4.78, 5) is 33.8. The van der Waals surface area contributed by atoms with Crippen LogP contribution in [0.1, 0.15) is 48.9 Å². The monoisotopic (exact) mass is 448 g/mol. The predicted octanol–water partition coefficient (Wildman–Crippen LogP) is 5.36. The number of aromatic nitrogens is 2. The summed E-state index contributed by atoms with van der Waals surface area (Å²) in [6, 6.07) is 17.4. The van der Waals surface area contributed by atoms with Gasteiger partial charge in [0.25, 0.3) is 0 Å². The fourth-order valence-corrected chi connectivity index (χ4v) is 4.35. The van der Waals surface area contributed by atoms with Gasteiger partial charge in [-0.05, 0) is 78.6 Å². The Bertz CT molecular complexity index is 1580. The van der Waals surface area contributed by atoms with Gasteiger partial charge in [-0.15, -0.1) is 0 Å². The molecule has 1 aliphatic carbocycles. The molecule has 166 valence electrons. The van der Waals surface area contributed by atoms with Crippen LogP contribution >= 0.6 is 0 Å². The van der Waals surface area contributed by atoms with Crippen LogP contribution in [0.2, 0.25) is 0 Å². The van der Waals surface area contributed by atoms with Crippen LogP contribution in [-0.4, -0.2) is 31.9 Å². The van der Waals surface area contributed by atoms with Crippen LogP contribution in [0.5, 0.6) is 5.75 Å². The Kier molecular flexibility index (Phi) is 5.06. The Morgan fingerprint density at radius 2 is 1.50 bits per heavy atom. The van der Waals surface area contributed by atoms with Gasteiger partial charge in [0, 0.05) is 22.3 Å². The molecule has 1 aliphatic rings. The number of benzene rings is 2. The van der Waals surface area contributed by atoms with E-state index >= 15 is 0 Å². The molecule has 2 N–H and O–H groups in total. The van der Waals surface area contributed by atoms with E-state index in [9.17, 15) is 19.8 Å². The second kappa shape index (κ2) is 8.08. The van der Waals surface area contributed by atoms with E-state index in [1.807, 2.05) is 38.1 Å². The van der Waals surface area contributed by atoms with Crippen LogP contribution < -0.4 is 0 Å². The molecule has 0 saturated heterocycles. The lowest BCUT2D eigenvalue weighted by Gasteiger charge is -2.21. The number of aromatic carboxylic acids is 1. The fourth-order valence-electron chi connectivity index (χ4n) is 4.35. The standard InChI is InChI=1S/C28H20N2O4/c1-15-7-9-20-18(11-13-23(31)26(20)29-15)25(17-5-3-4-6-22(17)28(33)34)19-12-14-24(32)27-21(19)10-8-16(2)30-27/h3-14,31H,1-2H3,(H,33,34). The van der Waals surface area contributed by atoms with E-state index in [4.69, 9.17) is 0 Å². The van der Waals surface area contributed by atoms with Crippen molar-refractivity contribution < 1.29 is 19.8 Å². The molecular weight excluding hydrogens is 428 g/mol. The van der Waals surface area contributed by atoms with Gasteiger partial charge in [0.15, 0.2) is 0 Å². The zero-order chi connectivity index (χ0) is 24.0. The van der Waals surface area contributed by atoms with Gasteiger partial charge in [-0.25, -0.2) is 14.8 Å². The number of phenolic OH excluding ortho intramolecular Hbond substituents is 1. The summed E-state index contributed by atoms with van der Waals surface area (Å²) >= 11 is 0. The highest BCUT2D eigenvalue weighted by Crippen LogP contribution is 2.41. The first-order chi connectivity index (χ1) is 16.3. The highest BCUT2D eigenvalue weighted by Gasteiger charge is 2.26. The Labute approximate surface area is 195 Å². The summed E-state index contributed by atoms with van der Waals surface area (Å²) in [7, 11) is 0. The molecule has 0 fully saturated rings. The van der Waals surface area contributed by atoms with E-state index in [1.54, 1.807) is 42.5 Å². The maximum Gasteiger partial charge on any atom is 0.336 e. The molecule has 0 spiro atoms. The number of hydrogen-bond acceptors (Lipinski definition) is 5. The lowest BCUT2D eigenvalue weighted by atomic mass is 9.83. The van der Waals surface area contributed by atoms with E-state index in [-0.39, 0.29) is 17.1 Å². The molecular formula is C28H20N2O4. The van der Waals surface area contributed by atoms with Gasteiger partial charge in [-0.3, -0.25) is 4.79 Å². The van der Waals surface area contributed by atoms with Crippen molar-refractivity contribution in [3.63, 3.8) is 0 Å². The number of pyridine rings is 2. The maximum absolute atomic E-state index is 12.6. The molecule has 6 heteroatoms. The largest absolute Gasteiger partial charge is 0.506 e. The van der Waals surface area contributed by atoms with Crippen molar-refractivity contribution in [3.8, 4) is 5.75 Å². The van der Waals surface area contributed by atoms with Crippen LogP contribution in [0.15, 0.2) is 72.8 Å². The molecule has 2 aromatic heterocycles. The molecule has 34 heavy (non-hydrogen) atoms. The summed E-state index contributed by atoms with van der Waals surface area (Å²) in [6.45, 7) is 3.65. The number of phenols is 1. The molecule has 0 atom stereocenters. The minimum absolute atomic E-state index is 0.0328. The fraction of sp³-hybridized carbons (Fsp3) is 0.0714. The Balaban J connectivity index is 1.96. The number of carboxylic acids is 1. The second-order valence-corrected chi connectivity index (χ2v) is 8.17. The van der Waals surface area contributed by atoms with Crippen molar-refractivity contribution in [2.75, 3.05) is 0 Å². The van der Waals surface area contributed by atoms with E-state index in [2.05, 4.69) is 9.97 Å². The molecule has 0 saturated carbocycles. The minimum atomic E-state index is -1.07. The molecule has 2 heterocycles. The van der Waals surface area contributed by atoms with Crippen LogP contribution in [0.25, 0.3) is 22.0 Å². The van der Waals surface area contributed by atoms with Gasteiger partial charge in [0.1, 0.15) is 17.0 Å². The number of aromatic hydroxyl groups is 1. The van der Waals surface area contributed by atoms with Crippen molar-refractivity contribution in [1.82, 2.24) is 9.97 Å². The number of ketones is 1. The van der Waals surface area contributed by atoms with E-state index < -0.39 is 5.97 Å². The van der Waals surface area contributed by atoms with Gasteiger partial charge >= 0.3 is 5.97 Å². The number of carboxylic acid groups (broad SMARTS) is 1. The first-order valence-electron chi connectivity index (χ1n) is 10.7. The number of rotatable bonds is 3. The third-order valence-corrected chi connectivity index (χ3v) is 5.90. The first-order valence-corrected chi connectivity index (χ1v) is 10.7. The summed E-state index contributed by atoms with van der Waals surface area (Å²) in [5.41, 5.74) is 5.40. The number of aryl methyl sites for hydroxylation is 2. The Morgan fingerprint density at radius 1 is 0.794 bits per heavy atom. The van der Waals surface area contributed by atoms with Crippen LogP contribution in [0.4, 0.5) is 0 Å². The third-order valence-electron chi connectivity index (χ3n) is 5.90. The minimum Gasteiger partial charge on any atom is -0.506 e. The zero-order valence-corrected chi connectivity index (χ0v) is 18.5. The van der Waals surface area contributed by atoms with Gasteiger partial charge in [-0.2, -0.15) is 0 Å². The number of hydrogen-bond donors (Lipinski definition) is 2. The normalized spacial score (nSPS) is 14.2. The highest BCUT2D eigenvalue weighted by molar-refractivity contribution is 6.18. The molecule has 0 radical (unpaired) electrons. The van der Waals surface area contributed by atoms with Crippen molar-refractivity contribution in [2.45, 2.75) is 13.8 Å². The summed E-state index contributed by atoms with van der Waals surface area (Å²) in [5, 5.41) is 21.1. The van der Waals surface area contributed by atoms with Crippen molar-refractivity contribution in [1.29, 1.82) is 0 Å². The van der Waals surface area contributed by atoms with Crippen molar-refractivity contribution in [2.24, 2.45) is 0 Å². The molecule has 5 rings (SSSR count). The number of fused-ring (bicyclic) bond motifs is 2. The maximum atomic E-state index is 12.6. The molecule has 0 aliphatic heterocycles. The number of carbonyl (C=O) groups is 2. The Hall–Kier alpha value is -4.58. The molecule has 4 aromatic rings. The number of allylic oxidation sites excluding steroid dienone is 3. The average Bonchev–Trinajstić information content (AvgIpc) is 2.82. The molecule has 0 bridgehead atoms. The quantitative estimate of drug-likeness (QED) is 0.438.